The zero-order chi connectivity index (χ0) is 30.5. The summed E-state index contributed by atoms with van der Waals surface area (Å²) in [5.74, 6) is 1.85. The molecule has 1 aliphatic rings. The minimum absolute atomic E-state index is 0.918. The van der Waals surface area contributed by atoms with E-state index in [4.69, 9.17) is 4.42 Å². The van der Waals surface area contributed by atoms with E-state index in [1.807, 2.05) is 12.1 Å². The molecule has 8 aromatic rings. The van der Waals surface area contributed by atoms with Crippen LogP contribution in [0.3, 0.4) is 0 Å². The molecule has 0 bridgehead atoms. The van der Waals surface area contributed by atoms with Gasteiger partial charge >= 0.3 is 0 Å². The molecule has 2 heteroatoms. The van der Waals surface area contributed by atoms with Gasteiger partial charge in [0, 0.05) is 49.8 Å². The molecule has 0 N–H and O–H groups in total. The molecule has 0 fully saturated rings. The molecule has 6 aromatic carbocycles. The van der Waals surface area contributed by atoms with E-state index in [0.29, 0.717) is 0 Å². The summed E-state index contributed by atoms with van der Waals surface area (Å²) in [5, 5.41) is 2.49. The van der Waals surface area contributed by atoms with E-state index in [9.17, 15) is 0 Å². The number of nitrogens with zero attached hydrogens (tertiary/aromatic N) is 1. The average molecular weight is 588 g/mol. The van der Waals surface area contributed by atoms with E-state index in [1.165, 1.54) is 38.5 Å². The van der Waals surface area contributed by atoms with Crippen LogP contribution in [0, 0.1) is 12.1 Å². The van der Waals surface area contributed by atoms with Crippen molar-refractivity contribution in [3.8, 4) is 50.6 Å². The van der Waals surface area contributed by atoms with Crippen LogP contribution in [-0.4, -0.2) is 4.57 Å². The molecule has 0 spiro atoms. The van der Waals surface area contributed by atoms with Crippen LogP contribution in [0.5, 0.6) is 0 Å². The molecule has 2 heterocycles. The maximum absolute atomic E-state index is 7.05. The first-order chi connectivity index (χ1) is 22.8. The largest absolute Gasteiger partial charge is 0.455 e. The Balaban J connectivity index is 1.29. The standard InChI is InChI=1S/C44H29NO/c1-3-15-30(16-4-1)33-19-7-8-22-36(33)43-37-23-9-10-24-38(37)44(46-43)39-28-27-32(29-40(39)31-17-5-2-6-18-31)45-41-25-13-11-20-34(41)35-21-12-14-26-42(35)45/h1-5,7-9,11-17,19-23,25-29H,10,24H2. The van der Waals surface area contributed by atoms with E-state index in [1.54, 1.807) is 0 Å². The summed E-state index contributed by atoms with van der Waals surface area (Å²) in [6.45, 7) is 0. The molecular formula is C44H29NO. The van der Waals surface area contributed by atoms with Crippen LogP contribution in [0.15, 0.2) is 150 Å². The Morgan fingerprint density at radius 3 is 2.04 bits per heavy atom. The zero-order valence-electron chi connectivity index (χ0n) is 25.2. The van der Waals surface area contributed by atoms with Gasteiger partial charge in [0.15, 0.2) is 0 Å². The smallest absolute Gasteiger partial charge is 0.142 e. The first-order valence-electron chi connectivity index (χ1n) is 15.8. The Labute approximate surface area is 268 Å². The van der Waals surface area contributed by atoms with Gasteiger partial charge in [-0.05, 0) is 66.4 Å². The molecular weight excluding hydrogens is 558 g/mol. The van der Waals surface area contributed by atoms with Gasteiger partial charge < -0.3 is 8.98 Å². The minimum atomic E-state index is 0.918. The monoisotopic (exact) mass is 587 g/mol. The van der Waals surface area contributed by atoms with Crippen LogP contribution in [0.1, 0.15) is 17.5 Å². The van der Waals surface area contributed by atoms with Crippen LogP contribution in [0.2, 0.25) is 0 Å². The highest BCUT2D eigenvalue weighted by Crippen LogP contribution is 2.46. The molecule has 1 aliphatic carbocycles. The lowest BCUT2D eigenvalue weighted by molar-refractivity contribution is 0.594. The fourth-order valence-electron chi connectivity index (χ4n) is 7.10. The summed E-state index contributed by atoms with van der Waals surface area (Å²) in [7, 11) is 0. The van der Waals surface area contributed by atoms with Crippen LogP contribution < -0.4 is 0 Å². The SMILES string of the molecule is c1cccc(-c2cc(-n3c4ccccc4c4ccccc43)ccc2-c2oc(-c3ccccc3-c3ccccc3)c3c2CCC=C3)c#1. The molecule has 0 radical (unpaired) electrons. The number of aromatic nitrogens is 1. The molecule has 46 heavy (non-hydrogen) atoms. The minimum Gasteiger partial charge on any atom is -0.455 e. The lowest BCUT2D eigenvalue weighted by Crippen LogP contribution is -1.97. The summed E-state index contributed by atoms with van der Waals surface area (Å²) in [6, 6.07) is 55.8. The predicted octanol–water partition coefficient (Wildman–Crippen LogP) is 11.6. The second-order valence-corrected chi connectivity index (χ2v) is 11.8. The van der Waals surface area contributed by atoms with Gasteiger partial charge in [0.25, 0.3) is 0 Å². The number of rotatable bonds is 5. The number of benzene rings is 5. The number of para-hydroxylation sites is 2. The fourth-order valence-corrected chi connectivity index (χ4v) is 7.10. The molecule has 216 valence electrons. The summed E-state index contributed by atoms with van der Waals surface area (Å²) in [5.41, 5.74) is 12.5. The third-order valence-corrected chi connectivity index (χ3v) is 9.18. The van der Waals surface area contributed by atoms with Gasteiger partial charge in [0.05, 0.1) is 11.0 Å². The van der Waals surface area contributed by atoms with Crippen molar-refractivity contribution in [3.63, 3.8) is 0 Å². The fraction of sp³-hybridized carbons (Fsp3) is 0.0455. The highest BCUT2D eigenvalue weighted by Gasteiger charge is 2.26. The molecule has 0 aliphatic heterocycles. The third kappa shape index (κ3) is 4.21. The predicted molar refractivity (Wildman–Crippen MR) is 190 cm³/mol. The molecule has 2 aromatic heterocycles. The molecule has 0 amide bonds. The van der Waals surface area contributed by atoms with Crippen molar-refractivity contribution in [3.05, 3.63) is 169 Å². The number of hydrogen-bond donors (Lipinski definition) is 0. The van der Waals surface area contributed by atoms with Gasteiger partial charge in [-0.15, -0.1) is 0 Å². The Hall–Kier alpha value is -6.04. The number of furan rings is 1. The van der Waals surface area contributed by atoms with Crippen molar-refractivity contribution in [1.82, 2.24) is 4.57 Å². The average Bonchev–Trinajstić information content (AvgIpc) is 3.69. The summed E-state index contributed by atoms with van der Waals surface area (Å²) in [4.78, 5) is 0. The third-order valence-electron chi connectivity index (χ3n) is 9.18. The molecule has 0 unspecified atom stereocenters. The Morgan fingerprint density at radius 1 is 0.587 bits per heavy atom. The van der Waals surface area contributed by atoms with Gasteiger partial charge in [0.2, 0.25) is 0 Å². The molecule has 0 saturated heterocycles. The number of allylic oxidation sites excluding steroid dienone is 1. The lowest BCUT2D eigenvalue weighted by atomic mass is 9.90. The van der Waals surface area contributed by atoms with Gasteiger partial charge in [-0.2, -0.15) is 0 Å². The van der Waals surface area contributed by atoms with Gasteiger partial charge in [0.1, 0.15) is 11.5 Å². The van der Waals surface area contributed by atoms with Crippen LogP contribution in [0.4, 0.5) is 0 Å². The summed E-state index contributed by atoms with van der Waals surface area (Å²) in [6.07, 6.45) is 6.43. The van der Waals surface area contributed by atoms with E-state index >= 15 is 0 Å². The van der Waals surface area contributed by atoms with Crippen molar-refractivity contribution < 1.29 is 4.42 Å². The van der Waals surface area contributed by atoms with E-state index < -0.39 is 0 Å². The van der Waals surface area contributed by atoms with Gasteiger partial charge in [-0.3, -0.25) is 0 Å². The van der Waals surface area contributed by atoms with Crippen molar-refractivity contribution in [2.24, 2.45) is 0 Å². The lowest BCUT2D eigenvalue weighted by Gasteiger charge is -2.14. The summed E-state index contributed by atoms with van der Waals surface area (Å²) >= 11 is 0. The Kier molecular flexibility index (Phi) is 6.21. The Morgan fingerprint density at radius 2 is 1.28 bits per heavy atom. The van der Waals surface area contributed by atoms with Crippen molar-refractivity contribution in [1.29, 1.82) is 0 Å². The molecule has 0 saturated carbocycles. The first-order valence-corrected chi connectivity index (χ1v) is 15.8. The number of hydrogen-bond acceptors (Lipinski definition) is 1. The van der Waals surface area contributed by atoms with E-state index in [0.717, 1.165) is 57.9 Å². The van der Waals surface area contributed by atoms with Gasteiger partial charge in [-0.25, -0.2) is 0 Å². The highest BCUT2D eigenvalue weighted by molar-refractivity contribution is 6.09. The molecule has 0 atom stereocenters. The van der Waals surface area contributed by atoms with Crippen LogP contribution in [0.25, 0.3) is 78.5 Å². The topological polar surface area (TPSA) is 18.1 Å². The van der Waals surface area contributed by atoms with Crippen molar-refractivity contribution >= 4 is 27.9 Å². The van der Waals surface area contributed by atoms with Crippen molar-refractivity contribution in [2.75, 3.05) is 0 Å². The normalized spacial score (nSPS) is 12.3. The molecule has 9 rings (SSSR count). The second-order valence-electron chi connectivity index (χ2n) is 11.8. The zero-order valence-corrected chi connectivity index (χ0v) is 25.2. The van der Waals surface area contributed by atoms with Crippen LogP contribution in [-0.2, 0) is 6.42 Å². The quantitative estimate of drug-likeness (QED) is 0.196. The first kappa shape index (κ1) is 26.4. The van der Waals surface area contributed by atoms with E-state index in [2.05, 4.69) is 156 Å². The maximum Gasteiger partial charge on any atom is 0.142 e. The number of fused-ring (bicyclic) bond motifs is 4. The van der Waals surface area contributed by atoms with E-state index in [-0.39, 0.29) is 0 Å². The molecule has 2 nitrogen and oxygen atoms in total. The second kappa shape index (κ2) is 10.8. The maximum atomic E-state index is 7.05. The van der Waals surface area contributed by atoms with Crippen LogP contribution >= 0.6 is 0 Å². The highest BCUT2D eigenvalue weighted by atomic mass is 16.3. The van der Waals surface area contributed by atoms with Gasteiger partial charge in [-0.1, -0.05) is 121 Å². The Bertz CT molecular complexity index is 2350. The summed E-state index contributed by atoms with van der Waals surface area (Å²) < 4.78 is 9.42. The van der Waals surface area contributed by atoms with Crippen molar-refractivity contribution in [2.45, 2.75) is 12.8 Å².